The van der Waals surface area contributed by atoms with Crippen molar-refractivity contribution < 1.29 is 26.7 Å². The molecule has 0 fully saturated rings. The topological polar surface area (TPSA) is 86.7 Å². The van der Waals surface area contributed by atoms with Crippen LogP contribution in [0.3, 0.4) is 0 Å². The number of rotatable bonds is 31. The maximum absolute atomic E-state index is 10.2. The Morgan fingerprint density at radius 2 is 0.958 bits per heavy atom. The number of nitrogens with zero attached hydrogens (tertiary/aromatic N) is 1. The number of unbranched alkanes of at least 4 members (excludes halogenated alkanes) is 19. The molecule has 8 heteroatoms. The van der Waals surface area contributed by atoms with E-state index in [1.807, 2.05) is 16.8 Å². The fourth-order valence-corrected chi connectivity index (χ4v) is 7.04. The molecule has 0 saturated heterocycles. The zero-order valence-corrected chi connectivity index (χ0v) is 34.3. The van der Waals surface area contributed by atoms with E-state index in [0.29, 0.717) is 6.42 Å². The van der Waals surface area contributed by atoms with Crippen LogP contribution in [-0.2, 0) is 14.6 Å². The van der Waals surface area contributed by atoms with Crippen molar-refractivity contribution in [3.8, 4) is 0 Å². The maximum Gasteiger partial charge on any atom is 0.217 e. The summed E-state index contributed by atoms with van der Waals surface area (Å²) in [6.45, 7) is 19.1. The van der Waals surface area contributed by atoms with Crippen molar-refractivity contribution in [3.05, 3.63) is 22.4 Å². The van der Waals surface area contributed by atoms with Gasteiger partial charge in [-0.1, -0.05) is 157 Å². The molecule has 0 aromatic carbocycles. The van der Waals surface area contributed by atoms with Crippen LogP contribution in [0.5, 0.6) is 0 Å². The number of aliphatic hydroxyl groups excluding tert-OH is 1. The van der Waals surface area contributed by atoms with E-state index in [0.717, 1.165) is 18.4 Å². The van der Waals surface area contributed by atoms with Crippen LogP contribution in [0.25, 0.3) is 0 Å². The molecule has 0 spiro atoms. The van der Waals surface area contributed by atoms with E-state index >= 15 is 0 Å². The standard InChI is InChI=1S/C18H38O4S.C16H36N.C6H8OS/c1-2-3-4-5-6-7-8-9-10-11-12-13-14-15-16-17-18-22-23(19,20)21;1-5-9-13-17(14-10-6-2,15-11-7-3)16-12-8-4;1-5(7)6-2-3-8-4-6/h2-18H2,1H3,(H,19,20,21);5-16H2,1-4H3;2-5,7H,1H3/q;+1;/p-1. The van der Waals surface area contributed by atoms with Gasteiger partial charge in [0, 0.05) is 0 Å². The van der Waals surface area contributed by atoms with E-state index in [4.69, 9.17) is 5.11 Å². The third kappa shape index (κ3) is 35.3. The summed E-state index contributed by atoms with van der Waals surface area (Å²) >= 11 is 1.61. The largest absolute Gasteiger partial charge is 0.726 e. The van der Waals surface area contributed by atoms with Crippen LogP contribution in [0.1, 0.15) is 207 Å². The lowest BCUT2D eigenvalue weighted by atomic mass is 10.0. The minimum absolute atomic E-state index is 0.0320. The van der Waals surface area contributed by atoms with Gasteiger partial charge < -0.3 is 14.1 Å². The molecule has 6 nitrogen and oxygen atoms in total. The molecular formula is C40H81NO5S2. The fraction of sp³-hybridized carbons (Fsp3) is 0.900. The Labute approximate surface area is 304 Å². The Hall–Kier alpha value is -0.510. The van der Waals surface area contributed by atoms with E-state index in [-0.39, 0.29) is 12.7 Å². The van der Waals surface area contributed by atoms with Gasteiger partial charge in [0.25, 0.3) is 0 Å². The van der Waals surface area contributed by atoms with E-state index in [2.05, 4.69) is 38.8 Å². The second-order valence-corrected chi connectivity index (χ2v) is 15.7. The van der Waals surface area contributed by atoms with Crippen molar-refractivity contribution in [1.82, 2.24) is 0 Å². The summed E-state index contributed by atoms with van der Waals surface area (Å²) in [5.74, 6) is 0. The molecule has 1 rings (SSSR count). The molecule has 48 heavy (non-hydrogen) atoms. The molecule has 1 aromatic heterocycles. The molecular weight excluding hydrogens is 639 g/mol. The molecule has 1 N–H and O–H groups in total. The summed E-state index contributed by atoms with van der Waals surface area (Å²) in [6, 6.07) is 1.93. The van der Waals surface area contributed by atoms with E-state index in [1.54, 1.807) is 18.3 Å². The second-order valence-electron chi connectivity index (χ2n) is 13.9. The molecule has 0 aliphatic rings. The number of quaternary nitrogens is 1. The zero-order valence-electron chi connectivity index (χ0n) is 32.7. The summed E-state index contributed by atoms with van der Waals surface area (Å²) in [4.78, 5) is 0. The first-order valence-corrected chi connectivity index (χ1v) is 22.5. The molecule has 1 atom stereocenters. The number of thiophene rings is 1. The Kier molecular flexibility index (Phi) is 37.5. The van der Waals surface area contributed by atoms with Crippen LogP contribution in [0, 0.1) is 0 Å². The van der Waals surface area contributed by atoms with Gasteiger partial charge >= 0.3 is 0 Å². The first-order chi connectivity index (χ1) is 23.1. The molecule has 1 unspecified atom stereocenters. The zero-order chi connectivity index (χ0) is 36.2. The van der Waals surface area contributed by atoms with Crippen LogP contribution >= 0.6 is 11.3 Å². The summed E-state index contributed by atoms with van der Waals surface area (Å²) in [5, 5.41) is 12.8. The van der Waals surface area contributed by atoms with Gasteiger partial charge in [-0.15, -0.1) is 0 Å². The van der Waals surface area contributed by atoms with E-state index < -0.39 is 10.4 Å². The Balaban J connectivity index is 0. The van der Waals surface area contributed by atoms with Gasteiger partial charge in [0.05, 0.1) is 38.9 Å². The normalized spacial score (nSPS) is 12.2. The van der Waals surface area contributed by atoms with Crippen molar-refractivity contribution in [2.45, 2.75) is 202 Å². The van der Waals surface area contributed by atoms with Crippen molar-refractivity contribution in [1.29, 1.82) is 0 Å². The predicted molar refractivity (Wildman–Crippen MR) is 210 cm³/mol. The highest BCUT2D eigenvalue weighted by molar-refractivity contribution is 7.80. The van der Waals surface area contributed by atoms with Crippen molar-refractivity contribution in [3.63, 3.8) is 0 Å². The number of hydrogen-bond acceptors (Lipinski definition) is 6. The van der Waals surface area contributed by atoms with Gasteiger partial charge in [-0.3, -0.25) is 4.18 Å². The minimum Gasteiger partial charge on any atom is -0.726 e. The molecule has 0 bridgehead atoms. The molecule has 1 heterocycles. The van der Waals surface area contributed by atoms with E-state index in [9.17, 15) is 13.0 Å². The summed E-state index contributed by atoms with van der Waals surface area (Å²) in [7, 11) is -4.49. The second kappa shape index (κ2) is 36.3. The Bertz CT molecular complexity index is 808. The Morgan fingerprint density at radius 1 is 0.625 bits per heavy atom. The number of hydrogen-bond donors (Lipinski definition) is 1. The highest BCUT2D eigenvalue weighted by Gasteiger charge is 2.24. The van der Waals surface area contributed by atoms with Gasteiger partial charge in [-0.2, -0.15) is 11.3 Å². The maximum atomic E-state index is 10.2. The van der Waals surface area contributed by atoms with Crippen molar-refractivity contribution in [2.24, 2.45) is 0 Å². The lowest BCUT2D eigenvalue weighted by molar-refractivity contribution is -0.929. The number of aliphatic hydroxyl groups is 1. The molecule has 0 saturated carbocycles. The summed E-state index contributed by atoms with van der Waals surface area (Å²) in [5.41, 5.74) is 1.01. The molecule has 0 aliphatic heterocycles. The third-order valence-corrected chi connectivity index (χ3v) is 10.4. The van der Waals surface area contributed by atoms with Gasteiger partial charge in [0.1, 0.15) is 0 Å². The molecule has 288 valence electrons. The third-order valence-electron chi connectivity index (χ3n) is 9.20. The summed E-state index contributed by atoms with van der Waals surface area (Å²) < 4.78 is 36.2. The first-order valence-electron chi connectivity index (χ1n) is 20.3. The van der Waals surface area contributed by atoms with Gasteiger partial charge in [-0.05, 0) is 61.4 Å². The van der Waals surface area contributed by atoms with Gasteiger partial charge in [-0.25, -0.2) is 8.42 Å². The summed E-state index contributed by atoms with van der Waals surface area (Å²) in [6.07, 6.45) is 31.1. The van der Waals surface area contributed by atoms with E-state index in [1.165, 1.54) is 165 Å². The van der Waals surface area contributed by atoms with Gasteiger partial charge in [0.2, 0.25) is 10.4 Å². The lowest BCUT2D eigenvalue weighted by Gasteiger charge is -2.39. The van der Waals surface area contributed by atoms with Crippen LogP contribution in [-0.4, -0.2) is 55.3 Å². The van der Waals surface area contributed by atoms with Crippen LogP contribution in [0.15, 0.2) is 16.8 Å². The average Bonchev–Trinajstić information content (AvgIpc) is 3.62. The highest BCUT2D eigenvalue weighted by atomic mass is 32.3. The first kappa shape index (κ1) is 49.6. The van der Waals surface area contributed by atoms with Crippen molar-refractivity contribution >= 4 is 21.7 Å². The fourth-order valence-electron chi connectivity index (χ4n) is 5.97. The molecule has 0 amide bonds. The minimum atomic E-state index is -4.49. The average molecular weight is 720 g/mol. The smallest absolute Gasteiger partial charge is 0.217 e. The lowest BCUT2D eigenvalue weighted by Crippen LogP contribution is -2.50. The highest BCUT2D eigenvalue weighted by Crippen LogP contribution is 2.17. The Morgan fingerprint density at radius 3 is 1.21 bits per heavy atom. The van der Waals surface area contributed by atoms with Crippen LogP contribution in [0.2, 0.25) is 0 Å². The quantitative estimate of drug-likeness (QED) is 0.0357. The SMILES string of the molecule is CC(O)c1ccsc1.CCCCCCCCCCCCCCCCCCOS(=O)(=O)[O-].CCCC[N+](CCCC)(CCCC)CCCC. The molecule has 0 radical (unpaired) electrons. The monoisotopic (exact) mass is 720 g/mol. The molecule has 1 aromatic rings. The predicted octanol–water partition coefficient (Wildman–Crippen LogP) is 12.5. The van der Waals surface area contributed by atoms with Crippen molar-refractivity contribution in [2.75, 3.05) is 32.8 Å². The van der Waals surface area contributed by atoms with Gasteiger partial charge in [0.15, 0.2) is 0 Å². The van der Waals surface area contributed by atoms with Crippen LogP contribution in [0.4, 0.5) is 0 Å². The van der Waals surface area contributed by atoms with Crippen LogP contribution < -0.4 is 0 Å². The molecule has 0 aliphatic carbocycles.